The Bertz CT molecular complexity index is 899. The summed E-state index contributed by atoms with van der Waals surface area (Å²) in [5.41, 5.74) is 0.0180. The van der Waals surface area contributed by atoms with E-state index in [1.165, 1.54) is 30.3 Å². The Morgan fingerprint density at radius 1 is 1.00 bits per heavy atom. The zero-order valence-corrected chi connectivity index (χ0v) is 14.3. The van der Waals surface area contributed by atoms with E-state index in [-0.39, 0.29) is 28.6 Å². The summed E-state index contributed by atoms with van der Waals surface area (Å²) in [5, 5.41) is 23.6. The normalized spacial score (nSPS) is 10.1. The fourth-order valence-electron chi connectivity index (χ4n) is 1.99. The maximum Gasteiger partial charge on any atom is 0.325 e. The molecule has 1 N–H and O–H groups in total. The van der Waals surface area contributed by atoms with Gasteiger partial charge in [-0.3, -0.25) is 29.8 Å². The number of halogens is 1. The minimum absolute atomic E-state index is 0.00935. The van der Waals surface area contributed by atoms with Gasteiger partial charge in [0.15, 0.2) is 0 Å². The molecule has 0 fully saturated rings. The van der Waals surface area contributed by atoms with E-state index in [9.17, 15) is 29.8 Å². The van der Waals surface area contributed by atoms with E-state index >= 15 is 0 Å². The molecule has 0 saturated heterocycles. The van der Waals surface area contributed by atoms with Crippen LogP contribution in [-0.4, -0.2) is 28.3 Å². The van der Waals surface area contributed by atoms with E-state index in [1.807, 2.05) is 0 Å². The lowest BCUT2D eigenvalue weighted by Gasteiger charge is -2.07. The Labute approximate surface area is 157 Å². The maximum absolute atomic E-state index is 12.0. The van der Waals surface area contributed by atoms with Gasteiger partial charge in [-0.05, 0) is 23.8 Å². The minimum Gasteiger partial charge on any atom is -0.460 e. The van der Waals surface area contributed by atoms with Gasteiger partial charge < -0.3 is 10.1 Å². The molecule has 2 rings (SSSR count). The Kier molecular flexibility index (Phi) is 6.39. The first-order chi connectivity index (χ1) is 12.8. The van der Waals surface area contributed by atoms with Crippen molar-refractivity contribution in [1.29, 1.82) is 0 Å². The van der Waals surface area contributed by atoms with Crippen molar-refractivity contribution < 1.29 is 24.2 Å². The van der Waals surface area contributed by atoms with Gasteiger partial charge in [0.1, 0.15) is 13.2 Å². The molecule has 0 aliphatic rings. The number of carbonyl (C=O) groups is 2. The number of hydrogen-bond donors (Lipinski definition) is 1. The van der Waals surface area contributed by atoms with Crippen molar-refractivity contribution >= 4 is 34.9 Å². The molecular formula is C16H12ClN3O7. The van der Waals surface area contributed by atoms with Crippen LogP contribution in [0.2, 0.25) is 5.02 Å². The summed E-state index contributed by atoms with van der Waals surface area (Å²) in [6.45, 7) is -0.596. The van der Waals surface area contributed by atoms with Crippen LogP contribution >= 0.6 is 11.6 Å². The molecule has 0 bridgehead atoms. The van der Waals surface area contributed by atoms with Crippen LogP contribution in [0.25, 0.3) is 0 Å². The van der Waals surface area contributed by atoms with Crippen molar-refractivity contribution in [3.8, 4) is 0 Å². The molecular weight excluding hydrogens is 382 g/mol. The second kappa shape index (κ2) is 8.72. The standard InChI is InChI=1S/C16H12ClN3O7/c17-12-5-11(6-14(7-12)20(25)26)16(22)18-8-15(21)27-9-10-1-3-13(4-2-10)19(23)24/h1-7H,8-9H2,(H,18,22). The molecule has 0 aromatic heterocycles. The van der Waals surface area contributed by atoms with Crippen LogP contribution in [0.5, 0.6) is 0 Å². The molecule has 0 spiro atoms. The quantitative estimate of drug-likeness (QED) is 0.432. The minimum atomic E-state index is -0.752. The van der Waals surface area contributed by atoms with Crippen molar-refractivity contribution in [1.82, 2.24) is 5.32 Å². The molecule has 27 heavy (non-hydrogen) atoms. The third kappa shape index (κ3) is 5.75. The largest absolute Gasteiger partial charge is 0.460 e. The Hall–Kier alpha value is -3.53. The van der Waals surface area contributed by atoms with Crippen LogP contribution in [0.15, 0.2) is 42.5 Å². The van der Waals surface area contributed by atoms with Crippen molar-refractivity contribution in [2.45, 2.75) is 6.61 Å². The molecule has 0 radical (unpaired) electrons. The number of nitro groups is 2. The molecule has 0 heterocycles. The smallest absolute Gasteiger partial charge is 0.325 e. The number of esters is 1. The number of benzene rings is 2. The first-order valence-corrected chi connectivity index (χ1v) is 7.76. The fourth-order valence-corrected chi connectivity index (χ4v) is 2.22. The van der Waals surface area contributed by atoms with Gasteiger partial charge in [0.25, 0.3) is 17.3 Å². The van der Waals surface area contributed by atoms with Gasteiger partial charge in [0.2, 0.25) is 0 Å². The van der Waals surface area contributed by atoms with Crippen molar-refractivity contribution in [2.24, 2.45) is 0 Å². The summed E-state index contributed by atoms with van der Waals surface area (Å²) in [6.07, 6.45) is 0. The molecule has 2 aromatic carbocycles. The lowest BCUT2D eigenvalue weighted by molar-refractivity contribution is -0.385. The van der Waals surface area contributed by atoms with E-state index in [4.69, 9.17) is 16.3 Å². The van der Waals surface area contributed by atoms with E-state index < -0.39 is 28.3 Å². The van der Waals surface area contributed by atoms with E-state index in [1.54, 1.807) is 0 Å². The predicted molar refractivity (Wildman–Crippen MR) is 93.3 cm³/mol. The van der Waals surface area contributed by atoms with Crippen molar-refractivity contribution in [3.63, 3.8) is 0 Å². The number of nitrogens with zero attached hydrogens (tertiary/aromatic N) is 2. The Morgan fingerprint density at radius 2 is 1.63 bits per heavy atom. The highest BCUT2D eigenvalue weighted by Crippen LogP contribution is 2.20. The number of non-ortho nitro benzene ring substituents is 2. The summed E-state index contributed by atoms with van der Waals surface area (Å²) < 4.78 is 4.94. The molecule has 0 atom stereocenters. The average Bonchev–Trinajstić information content (AvgIpc) is 2.64. The zero-order valence-electron chi connectivity index (χ0n) is 13.6. The van der Waals surface area contributed by atoms with Crippen LogP contribution in [0, 0.1) is 20.2 Å². The number of carbonyl (C=O) groups excluding carboxylic acids is 2. The second-order valence-corrected chi connectivity index (χ2v) is 5.66. The monoisotopic (exact) mass is 393 g/mol. The van der Waals surface area contributed by atoms with Crippen LogP contribution in [0.4, 0.5) is 11.4 Å². The van der Waals surface area contributed by atoms with Gasteiger partial charge in [-0.15, -0.1) is 0 Å². The van der Waals surface area contributed by atoms with Gasteiger partial charge in [0.05, 0.1) is 9.85 Å². The van der Waals surface area contributed by atoms with Gasteiger partial charge in [-0.1, -0.05) is 11.6 Å². The van der Waals surface area contributed by atoms with Crippen molar-refractivity contribution in [2.75, 3.05) is 6.54 Å². The lowest BCUT2D eigenvalue weighted by Crippen LogP contribution is -2.30. The van der Waals surface area contributed by atoms with E-state index in [0.29, 0.717) is 5.56 Å². The number of amides is 1. The highest BCUT2D eigenvalue weighted by molar-refractivity contribution is 6.31. The predicted octanol–water partition coefficient (Wildman–Crippen LogP) is 2.63. The zero-order chi connectivity index (χ0) is 20.0. The van der Waals surface area contributed by atoms with Gasteiger partial charge in [0, 0.05) is 34.9 Å². The molecule has 1 amide bonds. The highest BCUT2D eigenvalue weighted by Gasteiger charge is 2.15. The first kappa shape index (κ1) is 19.8. The number of hydrogen-bond acceptors (Lipinski definition) is 7. The number of nitrogens with one attached hydrogen (secondary N) is 1. The molecule has 0 saturated carbocycles. The van der Waals surface area contributed by atoms with Crippen LogP contribution in [0.3, 0.4) is 0 Å². The SMILES string of the molecule is O=C(CNC(=O)c1cc(Cl)cc([N+](=O)[O-])c1)OCc1ccc([N+](=O)[O-])cc1. The highest BCUT2D eigenvalue weighted by atomic mass is 35.5. The van der Waals surface area contributed by atoms with E-state index in [0.717, 1.165) is 12.1 Å². The number of rotatable bonds is 7. The number of nitro benzene ring substituents is 2. The lowest BCUT2D eigenvalue weighted by atomic mass is 10.2. The molecule has 0 aliphatic carbocycles. The Balaban J connectivity index is 1.87. The summed E-state index contributed by atoms with van der Waals surface area (Å²) in [5.74, 6) is -1.48. The summed E-state index contributed by atoms with van der Waals surface area (Å²) >= 11 is 5.73. The maximum atomic E-state index is 12.0. The fraction of sp³-hybridized carbons (Fsp3) is 0.125. The van der Waals surface area contributed by atoms with Gasteiger partial charge in [-0.25, -0.2) is 0 Å². The molecule has 11 heteroatoms. The van der Waals surface area contributed by atoms with Gasteiger partial charge in [-0.2, -0.15) is 0 Å². The van der Waals surface area contributed by atoms with E-state index in [2.05, 4.69) is 5.32 Å². The third-order valence-corrected chi connectivity index (χ3v) is 3.51. The van der Waals surface area contributed by atoms with Crippen LogP contribution in [0.1, 0.15) is 15.9 Å². The molecule has 0 unspecified atom stereocenters. The number of ether oxygens (including phenoxy) is 1. The second-order valence-electron chi connectivity index (χ2n) is 5.22. The van der Waals surface area contributed by atoms with Crippen LogP contribution in [-0.2, 0) is 16.1 Å². The third-order valence-electron chi connectivity index (χ3n) is 3.30. The summed E-state index contributed by atoms with van der Waals surface area (Å²) in [4.78, 5) is 43.8. The first-order valence-electron chi connectivity index (χ1n) is 7.38. The summed E-state index contributed by atoms with van der Waals surface area (Å²) in [7, 11) is 0. The van der Waals surface area contributed by atoms with Crippen LogP contribution < -0.4 is 5.32 Å². The summed E-state index contributed by atoms with van der Waals surface area (Å²) in [6, 6.07) is 8.78. The molecule has 10 nitrogen and oxygen atoms in total. The molecule has 2 aromatic rings. The Morgan fingerprint density at radius 3 is 2.22 bits per heavy atom. The molecule has 140 valence electrons. The average molecular weight is 394 g/mol. The van der Waals surface area contributed by atoms with Gasteiger partial charge >= 0.3 is 5.97 Å². The van der Waals surface area contributed by atoms with Crippen molar-refractivity contribution in [3.05, 3.63) is 78.8 Å². The molecule has 0 aliphatic heterocycles. The topological polar surface area (TPSA) is 142 Å².